The molecule has 0 saturated carbocycles. The molecule has 17 heavy (non-hydrogen) atoms. The quantitative estimate of drug-likeness (QED) is 0.568. The van der Waals surface area contributed by atoms with Gasteiger partial charge in [0.1, 0.15) is 0 Å². The number of aryl methyl sites for hydroxylation is 1. The molecule has 3 nitrogen and oxygen atoms in total. The van der Waals surface area contributed by atoms with E-state index in [1.807, 2.05) is 24.3 Å². The number of nitrogens with one attached hydrogen (secondary N) is 1. The molecule has 3 N–H and O–H groups in total. The van der Waals surface area contributed by atoms with E-state index >= 15 is 0 Å². The zero-order chi connectivity index (χ0) is 11.8. The van der Waals surface area contributed by atoms with Crippen LogP contribution in [0.25, 0.3) is 0 Å². The Morgan fingerprint density at radius 3 is 2.71 bits per heavy atom. The third kappa shape index (κ3) is 1.67. The Kier molecular flexibility index (Phi) is 2.30. The monoisotopic (exact) mass is 223 g/mol. The number of rotatable bonds is 1. The second kappa shape index (κ2) is 3.82. The minimum absolute atomic E-state index is 0.0206. The van der Waals surface area contributed by atoms with Gasteiger partial charge in [0.15, 0.2) is 0 Å². The van der Waals surface area contributed by atoms with Gasteiger partial charge in [-0.3, -0.25) is 5.84 Å². The van der Waals surface area contributed by atoms with E-state index in [1.54, 1.807) is 4.92 Å². The number of hydrogen-bond donors (Lipinski definition) is 2. The number of fused-ring (bicyclic) bond motifs is 1. The maximum atomic E-state index is 6.14. The van der Waals surface area contributed by atoms with E-state index in [0.29, 0.717) is 0 Å². The summed E-state index contributed by atoms with van der Waals surface area (Å²) in [5.41, 5.74) is 4.55. The van der Waals surface area contributed by atoms with Crippen molar-refractivity contribution in [2.45, 2.75) is 6.92 Å². The Morgan fingerprint density at radius 2 is 1.94 bits per heavy atom. The van der Waals surface area contributed by atoms with Crippen LogP contribution in [0, 0.1) is 6.92 Å². The number of hydrazine groups is 1. The molecular weight excluding hydrogens is 209 g/mol. The number of benzene rings is 2. The van der Waals surface area contributed by atoms with Crippen molar-refractivity contribution in [3.8, 4) is 0 Å². The molecule has 0 unspecified atom stereocenters. The van der Waals surface area contributed by atoms with Gasteiger partial charge < -0.3 is 10.1 Å². The Morgan fingerprint density at radius 1 is 1.12 bits per heavy atom. The molecule has 3 rings (SSSR count). The van der Waals surface area contributed by atoms with Crippen LogP contribution < -0.4 is 21.5 Å². The number of nitrogens with zero attached hydrogens (tertiary/aromatic N) is 1. The fourth-order valence-electron chi connectivity index (χ4n) is 2.26. The molecule has 0 bridgehead atoms. The lowest BCUT2D eigenvalue weighted by Crippen LogP contribution is -2.54. The second-order valence-electron chi connectivity index (χ2n) is 4.39. The number of hydrogen-bond acceptors (Lipinski definition) is 3. The molecule has 2 aromatic carbocycles. The number of para-hydroxylation sites is 2. The fourth-order valence-corrected chi connectivity index (χ4v) is 2.26. The third-order valence-corrected chi connectivity index (χ3v) is 3.11. The lowest BCUT2D eigenvalue weighted by molar-refractivity contribution is 1.19. The lowest BCUT2D eigenvalue weighted by Gasteiger charge is -2.18. The first-order chi connectivity index (χ1) is 8.25. The molecule has 84 valence electrons. The van der Waals surface area contributed by atoms with E-state index in [9.17, 15) is 0 Å². The molecule has 0 aliphatic carbocycles. The molecule has 1 aliphatic heterocycles. The van der Waals surface area contributed by atoms with Gasteiger partial charge in [-0.1, -0.05) is 42.0 Å². The second-order valence-corrected chi connectivity index (χ2v) is 4.39. The van der Waals surface area contributed by atoms with Crippen molar-refractivity contribution in [2.75, 3.05) is 10.1 Å². The average molecular weight is 223 g/mol. The highest BCUT2D eigenvalue weighted by Crippen LogP contribution is 2.29. The molecule has 0 fully saturated rings. The van der Waals surface area contributed by atoms with Crippen LogP contribution in [-0.4, -0.2) is 6.98 Å². The van der Waals surface area contributed by atoms with E-state index in [1.165, 1.54) is 11.0 Å². The summed E-state index contributed by atoms with van der Waals surface area (Å²) in [6.07, 6.45) is 0. The van der Waals surface area contributed by atoms with E-state index in [2.05, 4.69) is 36.4 Å². The summed E-state index contributed by atoms with van der Waals surface area (Å²) in [5.74, 6) is 6.14. The van der Waals surface area contributed by atoms with Crippen LogP contribution in [0.15, 0.2) is 48.5 Å². The van der Waals surface area contributed by atoms with Gasteiger partial charge in [0.05, 0.1) is 5.69 Å². The predicted octanol–water partition coefficient (Wildman–Crippen LogP) is 1.50. The van der Waals surface area contributed by atoms with Crippen LogP contribution in [0.2, 0.25) is 0 Å². The Labute approximate surface area is 101 Å². The van der Waals surface area contributed by atoms with Gasteiger partial charge in [-0.05, 0) is 24.5 Å². The third-order valence-electron chi connectivity index (χ3n) is 3.11. The van der Waals surface area contributed by atoms with E-state index in [0.717, 1.165) is 11.4 Å². The van der Waals surface area contributed by atoms with Crippen molar-refractivity contribution < 1.29 is 0 Å². The van der Waals surface area contributed by atoms with Crippen molar-refractivity contribution >= 4 is 23.8 Å². The van der Waals surface area contributed by atoms with E-state index in [4.69, 9.17) is 5.84 Å². The summed E-state index contributed by atoms with van der Waals surface area (Å²) in [5, 5.41) is 3.43. The zero-order valence-electron chi connectivity index (χ0n) is 9.72. The summed E-state index contributed by atoms with van der Waals surface area (Å²) in [4.78, 5) is 1.78. The van der Waals surface area contributed by atoms with Crippen molar-refractivity contribution in [1.29, 1.82) is 0 Å². The minimum atomic E-state index is 0.0206. The van der Waals surface area contributed by atoms with Gasteiger partial charge in [0.2, 0.25) is 0 Å². The van der Waals surface area contributed by atoms with Crippen LogP contribution in [0.5, 0.6) is 0 Å². The Balaban J connectivity index is 1.99. The smallest absolute Gasteiger partial charge is 0.403 e. The van der Waals surface area contributed by atoms with Gasteiger partial charge in [-0.25, -0.2) is 0 Å². The summed E-state index contributed by atoms with van der Waals surface area (Å²) in [6.45, 7) is 2.11. The van der Waals surface area contributed by atoms with Crippen LogP contribution in [0.1, 0.15) is 5.56 Å². The van der Waals surface area contributed by atoms with Crippen molar-refractivity contribution in [2.24, 2.45) is 5.84 Å². The van der Waals surface area contributed by atoms with E-state index < -0.39 is 0 Å². The lowest BCUT2D eigenvalue weighted by atomic mass is 9.68. The SMILES string of the molecule is Cc1cccc(B2Nc3ccccc3N2N)c1. The summed E-state index contributed by atoms with van der Waals surface area (Å²) in [7, 11) is 0. The van der Waals surface area contributed by atoms with Crippen LogP contribution in [0.4, 0.5) is 11.4 Å². The first-order valence-corrected chi connectivity index (χ1v) is 5.72. The van der Waals surface area contributed by atoms with Gasteiger partial charge >= 0.3 is 6.98 Å². The molecule has 0 aromatic heterocycles. The molecule has 0 spiro atoms. The Hall–Kier alpha value is -1.94. The largest absolute Gasteiger partial charge is 0.423 e. The fraction of sp³-hybridized carbons (Fsp3) is 0.0769. The van der Waals surface area contributed by atoms with Gasteiger partial charge in [-0.2, -0.15) is 0 Å². The average Bonchev–Trinajstić information content (AvgIpc) is 2.68. The zero-order valence-corrected chi connectivity index (χ0v) is 9.72. The van der Waals surface area contributed by atoms with Crippen LogP contribution in [0.3, 0.4) is 0 Å². The highest BCUT2D eigenvalue weighted by atomic mass is 15.4. The molecule has 0 atom stereocenters. The first kappa shape index (κ1) is 10.2. The first-order valence-electron chi connectivity index (χ1n) is 5.72. The number of anilines is 2. The van der Waals surface area contributed by atoms with Crippen molar-refractivity contribution in [1.82, 2.24) is 0 Å². The highest BCUT2D eigenvalue weighted by Gasteiger charge is 2.32. The standard InChI is InChI=1S/C13H14BN3/c1-10-5-4-6-11(9-10)14-16-12-7-2-3-8-13(12)17(14)15/h2-9,16H,15H2,1H3. The normalized spacial score (nSPS) is 13.5. The highest BCUT2D eigenvalue weighted by molar-refractivity contribution is 6.81. The molecule has 1 heterocycles. The van der Waals surface area contributed by atoms with Crippen LogP contribution >= 0.6 is 0 Å². The Bertz CT molecular complexity index is 556. The molecule has 0 amide bonds. The number of nitrogens with two attached hydrogens (primary N) is 1. The minimum Gasteiger partial charge on any atom is -0.403 e. The maximum absolute atomic E-state index is 6.14. The summed E-state index contributed by atoms with van der Waals surface area (Å²) in [6, 6.07) is 16.5. The van der Waals surface area contributed by atoms with Gasteiger partial charge in [0, 0.05) is 5.69 Å². The van der Waals surface area contributed by atoms with Crippen molar-refractivity contribution in [3.63, 3.8) is 0 Å². The van der Waals surface area contributed by atoms with E-state index in [-0.39, 0.29) is 6.98 Å². The predicted molar refractivity (Wildman–Crippen MR) is 73.3 cm³/mol. The van der Waals surface area contributed by atoms with Crippen molar-refractivity contribution in [3.05, 3.63) is 54.1 Å². The molecule has 0 saturated heterocycles. The molecule has 4 heteroatoms. The molecule has 2 aromatic rings. The molecule has 1 aliphatic rings. The van der Waals surface area contributed by atoms with Gasteiger partial charge in [0.25, 0.3) is 0 Å². The molecular formula is C13H14BN3. The maximum Gasteiger partial charge on any atom is 0.423 e. The van der Waals surface area contributed by atoms with Gasteiger partial charge in [-0.15, -0.1) is 0 Å². The summed E-state index contributed by atoms with van der Waals surface area (Å²) < 4.78 is 0. The molecule has 0 radical (unpaired) electrons. The van der Waals surface area contributed by atoms with Crippen LogP contribution in [-0.2, 0) is 0 Å². The topological polar surface area (TPSA) is 41.3 Å². The summed E-state index contributed by atoms with van der Waals surface area (Å²) >= 11 is 0.